The van der Waals surface area contributed by atoms with Crippen LogP contribution in [0.3, 0.4) is 0 Å². The number of thioether (sulfide) groups is 1. The van der Waals surface area contributed by atoms with Gasteiger partial charge in [0, 0.05) is 5.69 Å². The van der Waals surface area contributed by atoms with Gasteiger partial charge in [-0.3, -0.25) is 5.32 Å². The third-order valence-corrected chi connectivity index (χ3v) is 4.20. The fraction of sp³-hybridized carbons (Fsp3) is 0.250. The van der Waals surface area contributed by atoms with Crippen molar-refractivity contribution in [1.29, 1.82) is 0 Å². The zero-order valence-electron chi connectivity index (χ0n) is 11.3. The summed E-state index contributed by atoms with van der Waals surface area (Å²) in [5.74, 6) is 0.824. The highest BCUT2D eigenvalue weighted by Gasteiger charge is 2.30. The monoisotopic (exact) mass is 348 g/mol. The fourth-order valence-electron chi connectivity index (χ4n) is 1.47. The van der Waals surface area contributed by atoms with Crippen molar-refractivity contribution in [2.45, 2.75) is 17.4 Å². The topological polar surface area (TPSA) is 66.9 Å². The Morgan fingerprint density at radius 1 is 1.32 bits per heavy atom. The molecule has 0 saturated heterocycles. The highest BCUT2D eigenvalue weighted by Crippen LogP contribution is 2.30. The second-order valence-corrected chi connectivity index (χ2v) is 6.45. The molecule has 5 nitrogen and oxygen atoms in total. The predicted molar refractivity (Wildman–Crippen MR) is 80.4 cm³/mol. The lowest BCUT2D eigenvalue weighted by molar-refractivity contribution is -0.137. The van der Waals surface area contributed by atoms with Gasteiger partial charge >= 0.3 is 12.2 Å². The SMILES string of the molecule is CCSc1nnc(NC(=O)Nc2cccc(C(F)(F)F)c2)s1. The summed E-state index contributed by atoms with van der Waals surface area (Å²) in [6.45, 7) is 1.96. The van der Waals surface area contributed by atoms with Gasteiger partial charge in [0.2, 0.25) is 5.13 Å². The Hall–Kier alpha value is -1.81. The van der Waals surface area contributed by atoms with Crippen molar-refractivity contribution in [1.82, 2.24) is 10.2 Å². The summed E-state index contributed by atoms with van der Waals surface area (Å²) in [5.41, 5.74) is -0.789. The lowest BCUT2D eigenvalue weighted by Gasteiger charge is -2.09. The van der Waals surface area contributed by atoms with Crippen LogP contribution < -0.4 is 10.6 Å². The average molecular weight is 348 g/mol. The first-order chi connectivity index (χ1) is 10.4. The molecule has 2 N–H and O–H groups in total. The van der Waals surface area contributed by atoms with Gasteiger partial charge < -0.3 is 5.32 Å². The maximum absolute atomic E-state index is 12.6. The largest absolute Gasteiger partial charge is 0.416 e. The van der Waals surface area contributed by atoms with E-state index in [2.05, 4.69) is 20.8 Å². The fourth-order valence-corrected chi connectivity index (χ4v) is 3.12. The molecule has 0 spiro atoms. The minimum atomic E-state index is -4.46. The normalized spacial score (nSPS) is 11.3. The van der Waals surface area contributed by atoms with Crippen LogP contribution in [0, 0.1) is 0 Å². The van der Waals surface area contributed by atoms with Gasteiger partial charge in [0.05, 0.1) is 5.56 Å². The van der Waals surface area contributed by atoms with E-state index in [1.54, 1.807) is 0 Å². The molecule has 2 amide bonds. The van der Waals surface area contributed by atoms with Crippen molar-refractivity contribution in [2.24, 2.45) is 0 Å². The van der Waals surface area contributed by atoms with Crippen molar-refractivity contribution >= 4 is 39.9 Å². The number of carbonyl (C=O) groups excluding carboxylic acids is 1. The Morgan fingerprint density at radius 2 is 2.09 bits per heavy atom. The smallest absolute Gasteiger partial charge is 0.308 e. The maximum atomic E-state index is 12.6. The number of alkyl halides is 3. The second kappa shape index (κ2) is 6.97. The Bertz CT molecular complexity index is 660. The van der Waals surface area contributed by atoms with E-state index in [1.807, 2.05) is 6.92 Å². The molecule has 1 aromatic carbocycles. The van der Waals surface area contributed by atoms with Gasteiger partial charge in [-0.2, -0.15) is 13.2 Å². The molecular weight excluding hydrogens is 337 g/mol. The summed E-state index contributed by atoms with van der Waals surface area (Å²) in [7, 11) is 0. The van der Waals surface area contributed by atoms with E-state index in [1.165, 1.54) is 35.2 Å². The third-order valence-electron chi connectivity index (χ3n) is 2.34. The zero-order chi connectivity index (χ0) is 16.2. The number of halogens is 3. The molecule has 0 atom stereocenters. The molecule has 0 saturated carbocycles. The molecule has 0 radical (unpaired) electrons. The van der Waals surface area contributed by atoms with E-state index >= 15 is 0 Å². The number of benzene rings is 1. The van der Waals surface area contributed by atoms with Crippen LogP contribution in [0.15, 0.2) is 28.6 Å². The molecule has 22 heavy (non-hydrogen) atoms. The standard InChI is InChI=1S/C12H11F3N4OS2/c1-2-21-11-19-18-10(22-11)17-9(20)16-8-5-3-4-7(6-8)12(13,14)15/h3-6H,2H2,1H3,(H2,16,17,18,20). The van der Waals surface area contributed by atoms with Gasteiger partial charge in [-0.1, -0.05) is 36.1 Å². The van der Waals surface area contributed by atoms with Gasteiger partial charge in [0.15, 0.2) is 4.34 Å². The van der Waals surface area contributed by atoms with Crippen molar-refractivity contribution < 1.29 is 18.0 Å². The van der Waals surface area contributed by atoms with Crippen LogP contribution >= 0.6 is 23.1 Å². The molecular formula is C12H11F3N4OS2. The molecule has 10 heteroatoms. The number of aromatic nitrogens is 2. The average Bonchev–Trinajstić information content (AvgIpc) is 2.85. The minimum absolute atomic E-state index is 0.0417. The lowest BCUT2D eigenvalue weighted by Crippen LogP contribution is -2.19. The first-order valence-corrected chi connectivity index (χ1v) is 7.90. The highest BCUT2D eigenvalue weighted by atomic mass is 32.2. The zero-order valence-corrected chi connectivity index (χ0v) is 12.9. The molecule has 1 aromatic heterocycles. The van der Waals surface area contributed by atoms with Gasteiger partial charge in [0.1, 0.15) is 0 Å². The Kier molecular flexibility index (Phi) is 5.24. The summed E-state index contributed by atoms with van der Waals surface area (Å²) in [6.07, 6.45) is -4.46. The summed E-state index contributed by atoms with van der Waals surface area (Å²) < 4.78 is 38.4. The number of amides is 2. The number of nitrogens with zero attached hydrogens (tertiary/aromatic N) is 2. The van der Waals surface area contributed by atoms with E-state index in [9.17, 15) is 18.0 Å². The Balaban J connectivity index is 1.99. The Morgan fingerprint density at radius 3 is 2.77 bits per heavy atom. The molecule has 0 aliphatic carbocycles. The lowest BCUT2D eigenvalue weighted by atomic mass is 10.2. The first kappa shape index (κ1) is 16.6. The summed E-state index contributed by atoms with van der Waals surface area (Å²) >= 11 is 2.67. The number of carbonyl (C=O) groups is 1. The number of rotatable bonds is 4. The number of hydrogen-bond acceptors (Lipinski definition) is 5. The molecule has 1 heterocycles. The molecule has 0 unspecified atom stereocenters. The van der Waals surface area contributed by atoms with E-state index in [0.29, 0.717) is 4.34 Å². The van der Waals surface area contributed by atoms with Crippen LogP contribution in [0.4, 0.5) is 28.8 Å². The molecule has 0 aliphatic heterocycles. The summed E-state index contributed by atoms with van der Waals surface area (Å²) in [6, 6.07) is 3.70. The summed E-state index contributed by atoms with van der Waals surface area (Å²) in [4.78, 5) is 11.7. The van der Waals surface area contributed by atoms with Gasteiger partial charge in [-0.25, -0.2) is 4.79 Å². The summed E-state index contributed by atoms with van der Waals surface area (Å²) in [5, 5.41) is 12.7. The van der Waals surface area contributed by atoms with Crippen LogP contribution in [0.1, 0.15) is 12.5 Å². The van der Waals surface area contributed by atoms with E-state index in [4.69, 9.17) is 0 Å². The number of hydrogen-bond donors (Lipinski definition) is 2. The quantitative estimate of drug-likeness (QED) is 0.638. The first-order valence-electron chi connectivity index (χ1n) is 6.10. The predicted octanol–water partition coefficient (Wildman–Crippen LogP) is 4.31. The highest BCUT2D eigenvalue weighted by molar-refractivity contribution is 8.01. The van der Waals surface area contributed by atoms with E-state index in [-0.39, 0.29) is 10.8 Å². The molecule has 0 fully saturated rings. The van der Waals surface area contributed by atoms with Crippen LogP contribution in [0.2, 0.25) is 0 Å². The van der Waals surface area contributed by atoms with Gasteiger partial charge in [-0.05, 0) is 24.0 Å². The second-order valence-electron chi connectivity index (χ2n) is 3.96. The van der Waals surface area contributed by atoms with Gasteiger partial charge in [-0.15, -0.1) is 10.2 Å². The molecule has 2 rings (SSSR count). The minimum Gasteiger partial charge on any atom is -0.308 e. The van der Waals surface area contributed by atoms with E-state index in [0.717, 1.165) is 17.9 Å². The number of anilines is 2. The number of nitrogens with one attached hydrogen (secondary N) is 2. The van der Waals surface area contributed by atoms with Crippen LogP contribution in [0.5, 0.6) is 0 Å². The maximum Gasteiger partial charge on any atom is 0.416 e. The Labute approximate surface area is 132 Å². The van der Waals surface area contributed by atoms with Crippen molar-refractivity contribution in [3.05, 3.63) is 29.8 Å². The molecule has 2 aromatic rings. The van der Waals surface area contributed by atoms with Crippen LogP contribution in [-0.4, -0.2) is 22.0 Å². The van der Waals surface area contributed by atoms with Crippen LogP contribution in [0.25, 0.3) is 0 Å². The van der Waals surface area contributed by atoms with Crippen LogP contribution in [-0.2, 0) is 6.18 Å². The number of urea groups is 1. The third kappa shape index (κ3) is 4.60. The van der Waals surface area contributed by atoms with E-state index < -0.39 is 17.8 Å². The van der Waals surface area contributed by atoms with Crippen molar-refractivity contribution in [2.75, 3.05) is 16.4 Å². The van der Waals surface area contributed by atoms with Crippen molar-refractivity contribution in [3.8, 4) is 0 Å². The van der Waals surface area contributed by atoms with Gasteiger partial charge in [0.25, 0.3) is 0 Å². The van der Waals surface area contributed by atoms with Crippen molar-refractivity contribution in [3.63, 3.8) is 0 Å². The molecule has 118 valence electrons. The molecule has 0 bridgehead atoms. The molecule has 0 aliphatic rings.